The summed E-state index contributed by atoms with van der Waals surface area (Å²) in [7, 11) is 0. The van der Waals surface area contributed by atoms with Crippen molar-refractivity contribution in [2.75, 3.05) is 19.6 Å². The molecule has 104 valence electrons. The minimum atomic E-state index is -0.611. The Morgan fingerprint density at radius 2 is 2.00 bits per heavy atom. The van der Waals surface area contributed by atoms with E-state index in [2.05, 4.69) is 5.32 Å². The number of nitrogens with one attached hydrogen (secondary N) is 1. The van der Waals surface area contributed by atoms with Gasteiger partial charge in [-0.25, -0.2) is 0 Å². The number of nitrogens with zero attached hydrogens (tertiary/aromatic N) is 1. The first-order valence-corrected chi connectivity index (χ1v) is 6.75. The Balaban J connectivity index is 1.69. The quantitative estimate of drug-likeness (QED) is 0.832. The zero-order valence-electron chi connectivity index (χ0n) is 11.6. The maximum absolute atomic E-state index is 11.8. The summed E-state index contributed by atoms with van der Waals surface area (Å²) in [5, 5.41) is 13.0. The van der Waals surface area contributed by atoms with Crippen LogP contribution in [-0.4, -0.2) is 41.1 Å². The minimum Gasteiger partial charge on any atom is -0.387 e. The smallest absolute Gasteiger partial charge is 0.234 e. The molecule has 0 aromatic heterocycles. The van der Waals surface area contributed by atoms with Crippen LogP contribution in [0.5, 0.6) is 0 Å². The van der Waals surface area contributed by atoms with Crippen LogP contribution >= 0.6 is 0 Å². The van der Waals surface area contributed by atoms with Gasteiger partial charge < -0.3 is 10.4 Å². The number of β-amino-alcohol motifs (C(OH)–C–C–N with tert-alkyl or cyclic N) is 1. The molecule has 0 aliphatic carbocycles. The summed E-state index contributed by atoms with van der Waals surface area (Å²) in [6.45, 7) is 6.11. The average molecular weight is 262 g/mol. The standard InChI is InChI=1S/C15H22N2O2/c1-12(2)15(19)10-17(11-15)9-14(18)16-8-13-6-4-3-5-7-13/h3-7,12,19H,8-11H2,1-2H3,(H,16,18). The van der Waals surface area contributed by atoms with Crippen LogP contribution in [0.15, 0.2) is 30.3 Å². The van der Waals surface area contributed by atoms with Crippen LogP contribution in [0.3, 0.4) is 0 Å². The monoisotopic (exact) mass is 262 g/mol. The molecule has 1 aliphatic heterocycles. The lowest BCUT2D eigenvalue weighted by Crippen LogP contribution is -2.65. The van der Waals surface area contributed by atoms with Gasteiger partial charge in [-0.1, -0.05) is 44.2 Å². The Kier molecular flexibility index (Phi) is 4.22. The van der Waals surface area contributed by atoms with Gasteiger partial charge in [0.05, 0.1) is 12.1 Å². The molecule has 0 radical (unpaired) electrons. The van der Waals surface area contributed by atoms with E-state index in [1.165, 1.54) is 0 Å². The largest absolute Gasteiger partial charge is 0.387 e. The first-order chi connectivity index (χ1) is 8.99. The van der Waals surface area contributed by atoms with E-state index in [1.54, 1.807) is 0 Å². The number of aliphatic hydroxyl groups is 1. The first kappa shape index (κ1) is 14.0. The number of benzene rings is 1. The van der Waals surface area contributed by atoms with Crippen LogP contribution in [0.4, 0.5) is 0 Å². The molecule has 1 aliphatic rings. The highest BCUT2D eigenvalue weighted by Crippen LogP contribution is 2.27. The van der Waals surface area contributed by atoms with Crippen LogP contribution in [0.2, 0.25) is 0 Å². The van der Waals surface area contributed by atoms with Crippen molar-refractivity contribution in [3.8, 4) is 0 Å². The van der Waals surface area contributed by atoms with Crippen molar-refractivity contribution in [2.24, 2.45) is 5.92 Å². The van der Waals surface area contributed by atoms with E-state index in [9.17, 15) is 9.90 Å². The van der Waals surface area contributed by atoms with Gasteiger partial charge in [-0.3, -0.25) is 9.69 Å². The fourth-order valence-corrected chi connectivity index (χ4v) is 2.26. The molecule has 1 heterocycles. The van der Waals surface area contributed by atoms with Gasteiger partial charge in [0.2, 0.25) is 5.91 Å². The maximum Gasteiger partial charge on any atom is 0.234 e. The van der Waals surface area contributed by atoms with E-state index in [4.69, 9.17) is 0 Å². The molecular weight excluding hydrogens is 240 g/mol. The van der Waals surface area contributed by atoms with E-state index in [0.29, 0.717) is 26.2 Å². The minimum absolute atomic E-state index is 0.00894. The topological polar surface area (TPSA) is 52.6 Å². The highest BCUT2D eigenvalue weighted by atomic mass is 16.3. The number of hydrogen-bond donors (Lipinski definition) is 2. The van der Waals surface area contributed by atoms with Crippen molar-refractivity contribution in [1.29, 1.82) is 0 Å². The summed E-state index contributed by atoms with van der Waals surface area (Å²) < 4.78 is 0. The highest BCUT2D eigenvalue weighted by Gasteiger charge is 2.43. The predicted molar refractivity (Wildman–Crippen MR) is 74.5 cm³/mol. The zero-order chi connectivity index (χ0) is 13.9. The van der Waals surface area contributed by atoms with Gasteiger partial charge in [-0.2, -0.15) is 0 Å². The third-order valence-electron chi connectivity index (χ3n) is 3.77. The molecule has 1 fully saturated rings. The Labute approximate surface area is 114 Å². The van der Waals surface area contributed by atoms with Crippen molar-refractivity contribution >= 4 is 5.91 Å². The summed E-state index contributed by atoms with van der Waals surface area (Å²) in [5.74, 6) is 0.241. The molecule has 0 unspecified atom stereocenters. The molecule has 1 amide bonds. The molecule has 0 spiro atoms. The molecule has 1 aromatic carbocycles. The van der Waals surface area contributed by atoms with E-state index >= 15 is 0 Å². The van der Waals surface area contributed by atoms with Crippen molar-refractivity contribution in [2.45, 2.75) is 26.0 Å². The lowest BCUT2D eigenvalue weighted by atomic mass is 9.83. The second-order valence-electron chi connectivity index (χ2n) is 5.67. The van der Waals surface area contributed by atoms with Gasteiger partial charge in [-0.15, -0.1) is 0 Å². The third kappa shape index (κ3) is 3.55. The Morgan fingerprint density at radius 1 is 1.37 bits per heavy atom. The van der Waals surface area contributed by atoms with Crippen LogP contribution in [0, 0.1) is 5.92 Å². The number of likely N-dealkylation sites (tertiary alicyclic amines) is 1. The van der Waals surface area contributed by atoms with E-state index in [1.807, 2.05) is 49.1 Å². The number of amides is 1. The van der Waals surface area contributed by atoms with E-state index in [0.717, 1.165) is 5.56 Å². The fraction of sp³-hybridized carbons (Fsp3) is 0.533. The third-order valence-corrected chi connectivity index (χ3v) is 3.77. The molecular formula is C15H22N2O2. The number of rotatable bonds is 5. The van der Waals surface area contributed by atoms with Crippen LogP contribution in [0.1, 0.15) is 19.4 Å². The fourth-order valence-electron chi connectivity index (χ4n) is 2.26. The normalized spacial score (nSPS) is 18.1. The van der Waals surface area contributed by atoms with Crippen molar-refractivity contribution < 1.29 is 9.90 Å². The summed E-state index contributed by atoms with van der Waals surface area (Å²) in [5.41, 5.74) is 0.484. The van der Waals surface area contributed by atoms with Gasteiger partial charge in [0.25, 0.3) is 0 Å². The molecule has 4 nitrogen and oxygen atoms in total. The van der Waals surface area contributed by atoms with Gasteiger partial charge >= 0.3 is 0 Å². The molecule has 2 rings (SSSR count). The summed E-state index contributed by atoms with van der Waals surface area (Å²) in [6.07, 6.45) is 0. The van der Waals surface area contributed by atoms with Gasteiger partial charge in [0.15, 0.2) is 0 Å². The van der Waals surface area contributed by atoms with Crippen molar-refractivity contribution in [3.05, 3.63) is 35.9 Å². The van der Waals surface area contributed by atoms with Crippen molar-refractivity contribution in [1.82, 2.24) is 10.2 Å². The molecule has 1 aromatic rings. The molecule has 2 N–H and O–H groups in total. The van der Waals surface area contributed by atoms with Crippen LogP contribution in [-0.2, 0) is 11.3 Å². The van der Waals surface area contributed by atoms with Crippen LogP contribution in [0.25, 0.3) is 0 Å². The molecule has 1 saturated heterocycles. The van der Waals surface area contributed by atoms with Gasteiger partial charge in [-0.05, 0) is 11.5 Å². The van der Waals surface area contributed by atoms with Crippen molar-refractivity contribution in [3.63, 3.8) is 0 Å². The molecule has 19 heavy (non-hydrogen) atoms. The summed E-state index contributed by atoms with van der Waals surface area (Å²) in [6, 6.07) is 9.85. The number of carbonyl (C=O) groups is 1. The Bertz CT molecular complexity index is 425. The molecule has 4 heteroatoms. The highest BCUT2D eigenvalue weighted by molar-refractivity contribution is 5.78. The maximum atomic E-state index is 11.8. The Morgan fingerprint density at radius 3 is 2.58 bits per heavy atom. The van der Waals surface area contributed by atoms with E-state index < -0.39 is 5.60 Å². The first-order valence-electron chi connectivity index (χ1n) is 6.75. The summed E-state index contributed by atoms with van der Waals surface area (Å²) >= 11 is 0. The Hall–Kier alpha value is -1.39. The summed E-state index contributed by atoms with van der Waals surface area (Å²) in [4.78, 5) is 13.7. The van der Waals surface area contributed by atoms with Gasteiger partial charge in [0.1, 0.15) is 0 Å². The van der Waals surface area contributed by atoms with E-state index in [-0.39, 0.29) is 11.8 Å². The zero-order valence-corrected chi connectivity index (χ0v) is 11.6. The molecule has 0 atom stereocenters. The lowest BCUT2D eigenvalue weighted by molar-refractivity contribution is -0.142. The second kappa shape index (κ2) is 5.72. The number of hydrogen-bond acceptors (Lipinski definition) is 3. The van der Waals surface area contributed by atoms with Crippen LogP contribution < -0.4 is 5.32 Å². The SMILES string of the molecule is CC(C)C1(O)CN(CC(=O)NCc2ccccc2)C1. The van der Waals surface area contributed by atoms with Gasteiger partial charge in [0, 0.05) is 19.6 Å². The average Bonchev–Trinajstić information content (AvgIpc) is 2.35. The lowest BCUT2D eigenvalue weighted by Gasteiger charge is -2.48. The molecule has 0 saturated carbocycles. The number of carbonyl (C=O) groups excluding carboxylic acids is 1. The molecule has 0 bridgehead atoms. The predicted octanol–water partition coefficient (Wildman–Crippen LogP) is 1.01. The second-order valence-corrected chi connectivity index (χ2v) is 5.67.